The summed E-state index contributed by atoms with van der Waals surface area (Å²) in [5.74, 6) is -0.790. The van der Waals surface area contributed by atoms with Crippen molar-refractivity contribution in [2.45, 2.75) is 63.9 Å². The summed E-state index contributed by atoms with van der Waals surface area (Å²) in [7, 11) is 0. The average molecular weight is 421 g/mol. The zero-order valence-electron chi connectivity index (χ0n) is 17.5. The number of hydrogen-bond acceptors (Lipinski definition) is 7. The second kappa shape index (κ2) is 12.4. The van der Waals surface area contributed by atoms with Crippen molar-refractivity contribution in [2.24, 2.45) is 0 Å². The molecule has 166 valence electrons. The maximum absolute atomic E-state index is 11.8. The van der Waals surface area contributed by atoms with Crippen LogP contribution in [-0.4, -0.2) is 60.8 Å². The van der Waals surface area contributed by atoms with Crippen LogP contribution in [0.1, 0.15) is 32.3 Å². The summed E-state index contributed by atoms with van der Waals surface area (Å²) in [5.41, 5.74) is 0.915. The molecule has 1 amide bonds. The lowest BCUT2D eigenvalue weighted by molar-refractivity contribution is -0.279. The minimum absolute atomic E-state index is 0.152. The van der Waals surface area contributed by atoms with E-state index in [0.717, 1.165) is 18.4 Å². The molecule has 1 aliphatic heterocycles. The molecule has 1 fully saturated rings. The van der Waals surface area contributed by atoms with E-state index in [-0.39, 0.29) is 19.1 Å². The molecule has 1 saturated heterocycles. The number of amides is 1. The van der Waals surface area contributed by atoms with E-state index in [1.807, 2.05) is 30.3 Å². The number of aliphatic hydroxyl groups excluding tert-OH is 1. The molecule has 1 aliphatic rings. The zero-order valence-corrected chi connectivity index (χ0v) is 17.5. The predicted molar refractivity (Wildman–Crippen MR) is 109 cm³/mol. The standard InChI is InChI=1S/C22H31NO7/c1-4-5-9-12-27-22-19(23-15(2)24)21(29-13-17-10-7-6-8-11-17)20(26)18(30-22)14-28-16(3)25/h4,6-8,10-11,18-22,26H,1,5,9,12-14H2,2-3H3,(H,23,24)/t18-,19-,20-,21-,22-/m1/s1. The molecule has 5 atom stereocenters. The summed E-state index contributed by atoms with van der Waals surface area (Å²) in [6.45, 7) is 6.78. The van der Waals surface area contributed by atoms with E-state index in [1.54, 1.807) is 6.08 Å². The van der Waals surface area contributed by atoms with Gasteiger partial charge in [-0.15, -0.1) is 6.58 Å². The number of hydrogen-bond donors (Lipinski definition) is 2. The Hall–Kier alpha value is -2.26. The maximum Gasteiger partial charge on any atom is 0.302 e. The number of rotatable bonds is 11. The van der Waals surface area contributed by atoms with Gasteiger partial charge in [-0.05, 0) is 18.4 Å². The molecule has 0 aromatic heterocycles. The molecule has 0 spiro atoms. The number of benzene rings is 1. The van der Waals surface area contributed by atoms with E-state index in [0.29, 0.717) is 6.61 Å². The molecule has 8 heteroatoms. The maximum atomic E-state index is 11.8. The Morgan fingerprint density at radius 1 is 1.23 bits per heavy atom. The lowest BCUT2D eigenvalue weighted by atomic mass is 9.96. The van der Waals surface area contributed by atoms with E-state index in [1.165, 1.54) is 13.8 Å². The van der Waals surface area contributed by atoms with Crippen molar-refractivity contribution in [3.63, 3.8) is 0 Å². The van der Waals surface area contributed by atoms with E-state index >= 15 is 0 Å². The van der Waals surface area contributed by atoms with Gasteiger partial charge in [-0.1, -0.05) is 36.4 Å². The molecule has 0 radical (unpaired) electrons. The lowest BCUT2D eigenvalue weighted by Crippen LogP contribution is -2.65. The fraction of sp³-hybridized carbons (Fsp3) is 0.545. The molecule has 0 saturated carbocycles. The highest BCUT2D eigenvalue weighted by molar-refractivity contribution is 5.73. The first-order chi connectivity index (χ1) is 14.4. The normalized spacial score (nSPS) is 26.0. The molecule has 0 bridgehead atoms. The van der Waals surface area contributed by atoms with Crippen LogP contribution in [0.25, 0.3) is 0 Å². The molecular weight excluding hydrogens is 390 g/mol. The van der Waals surface area contributed by atoms with Crippen LogP contribution in [0.15, 0.2) is 43.0 Å². The number of carbonyl (C=O) groups is 2. The first-order valence-electron chi connectivity index (χ1n) is 10.0. The summed E-state index contributed by atoms with van der Waals surface area (Å²) in [5, 5.41) is 13.6. The Labute approximate surface area is 177 Å². The van der Waals surface area contributed by atoms with Gasteiger partial charge < -0.3 is 29.4 Å². The second-order valence-corrected chi connectivity index (χ2v) is 7.13. The number of aliphatic hydroxyl groups is 1. The largest absolute Gasteiger partial charge is 0.463 e. The molecular formula is C22H31NO7. The lowest BCUT2D eigenvalue weighted by Gasteiger charge is -2.44. The van der Waals surface area contributed by atoms with Gasteiger partial charge in [0.05, 0.1) is 13.2 Å². The number of allylic oxidation sites excluding steroid dienone is 1. The summed E-state index contributed by atoms with van der Waals surface area (Å²) in [6, 6.07) is 8.74. The molecule has 0 aliphatic carbocycles. The molecule has 1 aromatic carbocycles. The monoisotopic (exact) mass is 421 g/mol. The van der Waals surface area contributed by atoms with Crippen molar-refractivity contribution >= 4 is 11.9 Å². The first-order valence-corrected chi connectivity index (χ1v) is 10.0. The van der Waals surface area contributed by atoms with E-state index in [4.69, 9.17) is 18.9 Å². The van der Waals surface area contributed by atoms with Crippen LogP contribution in [-0.2, 0) is 35.1 Å². The van der Waals surface area contributed by atoms with E-state index in [9.17, 15) is 14.7 Å². The second-order valence-electron chi connectivity index (χ2n) is 7.13. The van der Waals surface area contributed by atoms with Crippen LogP contribution in [0.4, 0.5) is 0 Å². The number of esters is 1. The molecule has 1 heterocycles. The van der Waals surface area contributed by atoms with Crippen molar-refractivity contribution in [1.82, 2.24) is 5.32 Å². The van der Waals surface area contributed by atoms with Gasteiger partial charge in [-0.3, -0.25) is 9.59 Å². The van der Waals surface area contributed by atoms with Crippen molar-refractivity contribution in [3.8, 4) is 0 Å². The van der Waals surface area contributed by atoms with Crippen molar-refractivity contribution < 1.29 is 33.6 Å². The highest BCUT2D eigenvalue weighted by Crippen LogP contribution is 2.26. The van der Waals surface area contributed by atoms with Crippen molar-refractivity contribution in [1.29, 1.82) is 0 Å². The third-order valence-corrected chi connectivity index (χ3v) is 4.61. The van der Waals surface area contributed by atoms with Crippen LogP contribution in [0.5, 0.6) is 0 Å². The average Bonchev–Trinajstić information content (AvgIpc) is 2.71. The van der Waals surface area contributed by atoms with Crippen molar-refractivity contribution in [3.05, 3.63) is 48.6 Å². The zero-order chi connectivity index (χ0) is 21.9. The fourth-order valence-electron chi connectivity index (χ4n) is 3.18. The predicted octanol–water partition coefficient (Wildman–Crippen LogP) is 1.71. The molecule has 2 rings (SSSR count). The van der Waals surface area contributed by atoms with Gasteiger partial charge in [0.25, 0.3) is 0 Å². The fourth-order valence-corrected chi connectivity index (χ4v) is 3.18. The minimum Gasteiger partial charge on any atom is -0.463 e. The van der Waals surface area contributed by atoms with Gasteiger partial charge in [0, 0.05) is 13.8 Å². The summed E-state index contributed by atoms with van der Waals surface area (Å²) in [6.07, 6.45) is -0.415. The van der Waals surface area contributed by atoms with Crippen LogP contribution in [0, 0.1) is 0 Å². The Kier molecular flexibility index (Phi) is 9.96. The SMILES string of the molecule is C=CCCCO[C@@H]1O[C@H](COC(C)=O)[C@@H](O)[C@H](OCc2ccccc2)[C@H]1NC(C)=O. The topological polar surface area (TPSA) is 103 Å². The van der Waals surface area contributed by atoms with E-state index < -0.39 is 36.6 Å². The van der Waals surface area contributed by atoms with Gasteiger partial charge in [0.2, 0.25) is 5.91 Å². The number of carbonyl (C=O) groups excluding carboxylic acids is 2. The molecule has 0 unspecified atom stereocenters. The van der Waals surface area contributed by atoms with Gasteiger partial charge >= 0.3 is 5.97 Å². The summed E-state index contributed by atoms with van der Waals surface area (Å²) in [4.78, 5) is 23.0. The molecule has 8 nitrogen and oxygen atoms in total. The molecule has 30 heavy (non-hydrogen) atoms. The van der Waals surface area contributed by atoms with Crippen LogP contribution < -0.4 is 5.32 Å². The van der Waals surface area contributed by atoms with Gasteiger partial charge in [-0.2, -0.15) is 0 Å². The third-order valence-electron chi connectivity index (χ3n) is 4.61. The quantitative estimate of drug-likeness (QED) is 0.318. The van der Waals surface area contributed by atoms with Gasteiger partial charge in [0.1, 0.15) is 31.0 Å². The third kappa shape index (κ3) is 7.53. The first kappa shape index (κ1) is 24.0. The van der Waals surface area contributed by atoms with Gasteiger partial charge in [-0.25, -0.2) is 0 Å². The summed E-state index contributed by atoms with van der Waals surface area (Å²) < 4.78 is 22.7. The number of ether oxygens (including phenoxy) is 4. The molecule has 1 aromatic rings. The smallest absolute Gasteiger partial charge is 0.302 e. The van der Waals surface area contributed by atoms with Crippen LogP contribution in [0.2, 0.25) is 0 Å². The Bertz CT molecular complexity index is 681. The van der Waals surface area contributed by atoms with Crippen LogP contribution in [0.3, 0.4) is 0 Å². The van der Waals surface area contributed by atoms with Gasteiger partial charge in [0.15, 0.2) is 6.29 Å². The highest BCUT2D eigenvalue weighted by Gasteiger charge is 2.47. The Balaban J connectivity index is 2.18. The summed E-state index contributed by atoms with van der Waals surface area (Å²) >= 11 is 0. The highest BCUT2D eigenvalue weighted by atomic mass is 16.7. The number of unbranched alkanes of at least 4 members (excludes halogenated alkanes) is 1. The molecule has 2 N–H and O–H groups in total. The minimum atomic E-state index is -1.14. The van der Waals surface area contributed by atoms with Crippen LogP contribution >= 0.6 is 0 Å². The number of nitrogens with one attached hydrogen (secondary N) is 1. The van der Waals surface area contributed by atoms with E-state index in [2.05, 4.69) is 11.9 Å². The Morgan fingerprint density at radius 3 is 2.60 bits per heavy atom. The van der Waals surface area contributed by atoms with Crippen molar-refractivity contribution in [2.75, 3.05) is 13.2 Å². The Morgan fingerprint density at radius 2 is 1.97 bits per heavy atom.